The average Bonchev–Trinajstić information content (AvgIpc) is 2.81. The first-order chi connectivity index (χ1) is 8.70. The number of aliphatic hydroxyl groups excluding tert-OH is 1. The molecule has 1 unspecified atom stereocenters. The number of nitrogens with zero attached hydrogens (tertiary/aromatic N) is 2. The molecule has 0 fully saturated rings. The van der Waals surface area contributed by atoms with E-state index in [4.69, 9.17) is 0 Å². The normalized spacial score (nSPS) is 12.6. The molecule has 0 aliphatic rings. The van der Waals surface area contributed by atoms with Crippen LogP contribution in [0.5, 0.6) is 0 Å². The lowest BCUT2D eigenvalue weighted by molar-refractivity contribution is 0.208. The molecule has 6 heteroatoms. The fourth-order valence-electron chi connectivity index (χ4n) is 1.55. The van der Waals surface area contributed by atoms with E-state index in [1.54, 1.807) is 18.3 Å². The highest BCUT2D eigenvalue weighted by molar-refractivity contribution is 7.16. The second-order valence-corrected chi connectivity index (χ2v) is 5.09. The van der Waals surface area contributed by atoms with Crippen molar-refractivity contribution in [1.29, 1.82) is 0 Å². The van der Waals surface area contributed by atoms with Crippen molar-refractivity contribution in [2.24, 2.45) is 0 Å². The van der Waals surface area contributed by atoms with Crippen LogP contribution >= 0.6 is 11.3 Å². The summed E-state index contributed by atoms with van der Waals surface area (Å²) in [6, 6.07) is 1.99. The summed E-state index contributed by atoms with van der Waals surface area (Å²) in [5.41, 5.74) is 0. The zero-order valence-electron chi connectivity index (χ0n) is 10.6. The second kappa shape index (κ2) is 5.97. The van der Waals surface area contributed by atoms with Crippen LogP contribution in [0.1, 0.15) is 20.3 Å². The summed E-state index contributed by atoms with van der Waals surface area (Å²) in [6.07, 6.45) is 0.628. The third-order valence-electron chi connectivity index (χ3n) is 2.42. The molecular weight excluding hydrogens is 248 g/mol. The van der Waals surface area contributed by atoms with Gasteiger partial charge in [0.25, 0.3) is 0 Å². The van der Waals surface area contributed by atoms with Crippen LogP contribution in [0.2, 0.25) is 0 Å². The standard InChI is InChI=1S/C12H18N4OS/c1-3-5-13-12-15-10(14-7-8(2)17)9-4-6-18-11(9)16-12/h4,6,8,17H,3,5,7H2,1-2H3,(H2,13,14,15,16). The van der Waals surface area contributed by atoms with Crippen molar-refractivity contribution in [3.8, 4) is 0 Å². The highest BCUT2D eigenvalue weighted by Gasteiger charge is 2.08. The van der Waals surface area contributed by atoms with Crippen LogP contribution in [0, 0.1) is 0 Å². The van der Waals surface area contributed by atoms with Crippen LogP contribution in [-0.2, 0) is 0 Å². The molecule has 0 radical (unpaired) electrons. The Labute approximate surface area is 110 Å². The lowest BCUT2D eigenvalue weighted by atomic mass is 10.3. The van der Waals surface area contributed by atoms with Gasteiger partial charge in [-0.2, -0.15) is 4.98 Å². The summed E-state index contributed by atoms with van der Waals surface area (Å²) in [4.78, 5) is 9.85. The molecule has 0 saturated carbocycles. The van der Waals surface area contributed by atoms with Gasteiger partial charge in [0.2, 0.25) is 5.95 Å². The average molecular weight is 266 g/mol. The Morgan fingerprint density at radius 1 is 1.39 bits per heavy atom. The summed E-state index contributed by atoms with van der Waals surface area (Å²) in [6.45, 7) is 5.18. The van der Waals surface area contributed by atoms with E-state index in [9.17, 15) is 5.11 Å². The lowest BCUT2D eigenvalue weighted by Crippen LogP contribution is -2.17. The SMILES string of the molecule is CCCNc1nc(NCC(C)O)c2ccsc2n1. The van der Waals surface area contributed by atoms with E-state index in [2.05, 4.69) is 27.5 Å². The maximum Gasteiger partial charge on any atom is 0.226 e. The highest BCUT2D eigenvalue weighted by atomic mass is 32.1. The van der Waals surface area contributed by atoms with Crippen molar-refractivity contribution in [1.82, 2.24) is 9.97 Å². The van der Waals surface area contributed by atoms with Gasteiger partial charge in [-0.3, -0.25) is 0 Å². The molecule has 2 rings (SSSR count). The van der Waals surface area contributed by atoms with Crippen LogP contribution in [0.3, 0.4) is 0 Å². The monoisotopic (exact) mass is 266 g/mol. The van der Waals surface area contributed by atoms with Gasteiger partial charge in [-0.05, 0) is 24.8 Å². The minimum absolute atomic E-state index is 0.402. The first-order valence-electron chi connectivity index (χ1n) is 6.11. The van der Waals surface area contributed by atoms with Crippen molar-refractivity contribution in [2.45, 2.75) is 26.4 Å². The number of aromatic nitrogens is 2. The predicted molar refractivity (Wildman–Crippen MR) is 76.4 cm³/mol. The van der Waals surface area contributed by atoms with Gasteiger partial charge < -0.3 is 15.7 Å². The Balaban J connectivity index is 2.26. The number of rotatable bonds is 6. The fourth-order valence-corrected chi connectivity index (χ4v) is 2.31. The van der Waals surface area contributed by atoms with E-state index >= 15 is 0 Å². The molecule has 2 heterocycles. The molecule has 3 N–H and O–H groups in total. The van der Waals surface area contributed by atoms with Crippen LogP contribution in [0.15, 0.2) is 11.4 Å². The zero-order chi connectivity index (χ0) is 13.0. The second-order valence-electron chi connectivity index (χ2n) is 4.19. The fraction of sp³-hybridized carbons (Fsp3) is 0.500. The van der Waals surface area contributed by atoms with E-state index in [1.165, 1.54) is 0 Å². The van der Waals surface area contributed by atoms with E-state index < -0.39 is 6.10 Å². The van der Waals surface area contributed by atoms with Crippen LogP contribution in [0.25, 0.3) is 10.2 Å². The molecule has 18 heavy (non-hydrogen) atoms. The van der Waals surface area contributed by atoms with Gasteiger partial charge in [0.15, 0.2) is 0 Å². The van der Waals surface area contributed by atoms with E-state index in [1.807, 2.05) is 11.4 Å². The summed E-state index contributed by atoms with van der Waals surface area (Å²) < 4.78 is 0. The minimum atomic E-state index is -0.402. The van der Waals surface area contributed by atoms with E-state index in [-0.39, 0.29) is 0 Å². The molecule has 2 aromatic rings. The maximum atomic E-state index is 9.33. The number of hydrogen-bond acceptors (Lipinski definition) is 6. The van der Waals surface area contributed by atoms with Crippen molar-refractivity contribution in [3.05, 3.63) is 11.4 Å². The van der Waals surface area contributed by atoms with Crippen LogP contribution in [-0.4, -0.2) is 34.3 Å². The van der Waals surface area contributed by atoms with Gasteiger partial charge in [-0.1, -0.05) is 6.92 Å². The highest BCUT2D eigenvalue weighted by Crippen LogP contribution is 2.26. The molecule has 0 aliphatic heterocycles. The predicted octanol–water partition coefficient (Wildman–Crippen LogP) is 2.31. The van der Waals surface area contributed by atoms with Crippen LogP contribution < -0.4 is 10.6 Å². The molecule has 0 aromatic carbocycles. The van der Waals surface area contributed by atoms with E-state index in [0.717, 1.165) is 29.0 Å². The number of hydrogen-bond donors (Lipinski definition) is 3. The van der Waals surface area contributed by atoms with Crippen molar-refractivity contribution in [2.75, 3.05) is 23.7 Å². The zero-order valence-corrected chi connectivity index (χ0v) is 11.4. The van der Waals surface area contributed by atoms with Gasteiger partial charge in [-0.15, -0.1) is 11.3 Å². The Kier molecular flexibility index (Phi) is 4.33. The lowest BCUT2D eigenvalue weighted by Gasteiger charge is -2.10. The first-order valence-corrected chi connectivity index (χ1v) is 6.99. The topological polar surface area (TPSA) is 70.1 Å². The first kappa shape index (κ1) is 13.0. The molecule has 2 aromatic heterocycles. The molecule has 1 atom stereocenters. The molecule has 0 aliphatic carbocycles. The Morgan fingerprint density at radius 3 is 2.94 bits per heavy atom. The van der Waals surface area contributed by atoms with Gasteiger partial charge in [-0.25, -0.2) is 4.98 Å². The summed E-state index contributed by atoms with van der Waals surface area (Å²) >= 11 is 1.59. The number of fused-ring (bicyclic) bond motifs is 1. The molecular formula is C12H18N4OS. The van der Waals surface area contributed by atoms with Crippen molar-refractivity contribution >= 4 is 33.3 Å². The quantitative estimate of drug-likeness (QED) is 0.748. The summed E-state index contributed by atoms with van der Waals surface area (Å²) in [5, 5.41) is 18.7. The maximum absolute atomic E-state index is 9.33. The Hall–Kier alpha value is -1.40. The van der Waals surface area contributed by atoms with Crippen molar-refractivity contribution in [3.63, 3.8) is 0 Å². The largest absolute Gasteiger partial charge is 0.392 e. The number of anilines is 2. The molecule has 0 amide bonds. The molecule has 98 valence electrons. The van der Waals surface area contributed by atoms with E-state index in [0.29, 0.717) is 12.5 Å². The molecule has 0 saturated heterocycles. The van der Waals surface area contributed by atoms with Gasteiger partial charge in [0.05, 0.1) is 11.5 Å². The number of nitrogens with one attached hydrogen (secondary N) is 2. The third kappa shape index (κ3) is 3.08. The summed E-state index contributed by atoms with van der Waals surface area (Å²) in [5.74, 6) is 1.42. The molecule has 0 spiro atoms. The smallest absolute Gasteiger partial charge is 0.226 e. The molecule has 5 nitrogen and oxygen atoms in total. The van der Waals surface area contributed by atoms with Crippen molar-refractivity contribution < 1.29 is 5.11 Å². The van der Waals surface area contributed by atoms with Gasteiger partial charge in [0, 0.05) is 13.1 Å². The molecule has 0 bridgehead atoms. The Bertz CT molecular complexity index is 512. The Morgan fingerprint density at radius 2 is 2.22 bits per heavy atom. The third-order valence-corrected chi connectivity index (χ3v) is 3.23. The van der Waals surface area contributed by atoms with Gasteiger partial charge >= 0.3 is 0 Å². The number of thiophene rings is 1. The van der Waals surface area contributed by atoms with Crippen LogP contribution in [0.4, 0.5) is 11.8 Å². The summed E-state index contributed by atoms with van der Waals surface area (Å²) in [7, 11) is 0. The number of aliphatic hydroxyl groups is 1. The minimum Gasteiger partial charge on any atom is -0.392 e. The van der Waals surface area contributed by atoms with Gasteiger partial charge in [0.1, 0.15) is 10.6 Å².